The number of likely N-dealkylation sites (tertiary alicyclic amines) is 1. The Hall–Kier alpha value is -2.35. The molecule has 0 unspecified atom stereocenters. The van der Waals surface area contributed by atoms with Crippen molar-refractivity contribution in [2.45, 2.75) is 69.4 Å². The summed E-state index contributed by atoms with van der Waals surface area (Å²) in [5, 5.41) is 8.98. The predicted octanol–water partition coefficient (Wildman–Crippen LogP) is 2.78. The molecule has 3 aliphatic carbocycles. The summed E-state index contributed by atoms with van der Waals surface area (Å²) in [5.74, 6) is 2.61. The Kier molecular flexibility index (Phi) is 5.41. The highest BCUT2D eigenvalue weighted by molar-refractivity contribution is 5.76. The minimum atomic E-state index is 0.167. The molecule has 0 aromatic carbocycles. The quantitative estimate of drug-likeness (QED) is 0.633. The number of nitrogens with zero attached hydrogens (tertiary/aromatic N) is 6. The van der Waals surface area contributed by atoms with Gasteiger partial charge in [0.1, 0.15) is 0 Å². The molecule has 170 valence electrons. The fourth-order valence-corrected chi connectivity index (χ4v) is 5.47. The first-order valence-corrected chi connectivity index (χ1v) is 12.3. The number of aromatic nitrogens is 5. The van der Waals surface area contributed by atoms with Gasteiger partial charge < -0.3 is 9.64 Å². The molecule has 0 N–H and O–H groups in total. The predicted molar refractivity (Wildman–Crippen MR) is 117 cm³/mol. The number of aryl methyl sites for hydroxylation is 1. The molecule has 8 nitrogen and oxygen atoms in total. The summed E-state index contributed by atoms with van der Waals surface area (Å²) in [6.45, 7) is 2.56. The maximum absolute atomic E-state index is 12.9. The number of carbonyl (C=O) groups excluding carboxylic acids is 1. The molecule has 0 radical (unpaired) electrons. The molecular formula is C24H32N6O2. The van der Waals surface area contributed by atoms with Gasteiger partial charge >= 0.3 is 0 Å². The Morgan fingerprint density at radius 1 is 1.09 bits per heavy atom. The number of hydrogen-bond donors (Lipinski definition) is 0. The lowest BCUT2D eigenvalue weighted by Gasteiger charge is -2.37. The van der Waals surface area contributed by atoms with Crippen LogP contribution >= 0.6 is 0 Å². The second-order valence-electron chi connectivity index (χ2n) is 10.3. The third-order valence-electron chi connectivity index (χ3n) is 7.76. The van der Waals surface area contributed by atoms with Crippen LogP contribution in [0.2, 0.25) is 0 Å². The van der Waals surface area contributed by atoms with Crippen molar-refractivity contribution in [2.24, 2.45) is 17.8 Å². The molecule has 6 rings (SSSR count). The van der Waals surface area contributed by atoms with Crippen LogP contribution in [-0.4, -0.2) is 61.6 Å². The average Bonchev–Trinajstić information content (AvgIpc) is 3.75. The Morgan fingerprint density at radius 2 is 1.94 bits per heavy atom. The van der Waals surface area contributed by atoms with Crippen LogP contribution in [0.15, 0.2) is 24.8 Å². The summed E-state index contributed by atoms with van der Waals surface area (Å²) in [6.07, 6.45) is 15.7. The van der Waals surface area contributed by atoms with E-state index < -0.39 is 0 Å². The fraction of sp³-hybridized carbons (Fsp3) is 0.708. The van der Waals surface area contributed by atoms with Gasteiger partial charge in [-0.15, -0.1) is 5.10 Å². The largest absolute Gasteiger partial charge is 0.376 e. The van der Waals surface area contributed by atoms with Gasteiger partial charge in [-0.1, -0.05) is 5.21 Å². The summed E-state index contributed by atoms with van der Waals surface area (Å²) >= 11 is 0. The highest BCUT2D eigenvalue weighted by Crippen LogP contribution is 2.44. The van der Waals surface area contributed by atoms with Crippen molar-refractivity contribution in [1.82, 2.24) is 29.9 Å². The number of fused-ring (bicyclic) bond motifs is 1. The molecule has 3 heterocycles. The van der Waals surface area contributed by atoms with E-state index in [0.717, 1.165) is 49.8 Å². The van der Waals surface area contributed by atoms with Crippen LogP contribution in [0.5, 0.6) is 0 Å². The third kappa shape index (κ3) is 4.42. The van der Waals surface area contributed by atoms with Gasteiger partial charge in [-0.2, -0.15) is 0 Å². The van der Waals surface area contributed by atoms with Crippen molar-refractivity contribution >= 4 is 5.91 Å². The van der Waals surface area contributed by atoms with E-state index in [-0.39, 0.29) is 18.1 Å². The monoisotopic (exact) mass is 436 g/mol. The van der Waals surface area contributed by atoms with E-state index in [1.807, 2.05) is 0 Å². The lowest BCUT2D eigenvalue weighted by molar-refractivity contribution is -0.130. The lowest BCUT2D eigenvalue weighted by Crippen LogP contribution is -2.38. The zero-order valence-electron chi connectivity index (χ0n) is 18.6. The molecule has 1 amide bonds. The smallest absolute Gasteiger partial charge is 0.222 e. The van der Waals surface area contributed by atoms with Crippen LogP contribution in [0.1, 0.15) is 68.3 Å². The molecule has 3 saturated carbocycles. The van der Waals surface area contributed by atoms with Gasteiger partial charge in [0.2, 0.25) is 5.91 Å². The number of amides is 1. The third-order valence-corrected chi connectivity index (χ3v) is 7.76. The number of carbonyl (C=O) groups is 1. The van der Waals surface area contributed by atoms with Gasteiger partial charge in [0.05, 0.1) is 23.5 Å². The topological polar surface area (TPSA) is 86.0 Å². The van der Waals surface area contributed by atoms with Crippen molar-refractivity contribution in [3.8, 4) is 0 Å². The summed E-state index contributed by atoms with van der Waals surface area (Å²) in [7, 11) is 0. The van der Waals surface area contributed by atoms with Gasteiger partial charge in [-0.05, 0) is 62.7 Å². The van der Waals surface area contributed by atoms with Crippen LogP contribution in [0.25, 0.3) is 0 Å². The van der Waals surface area contributed by atoms with E-state index in [4.69, 9.17) is 4.74 Å². The van der Waals surface area contributed by atoms with Gasteiger partial charge in [0.25, 0.3) is 0 Å². The SMILES string of the molecule is O=C(CCc1cnccn1)N1C[C@H]2C[C@@H](n3cc(C4CC4)nn3)[C@H](OCC3CC3)C[C@H]2C1. The molecule has 1 saturated heterocycles. The van der Waals surface area contributed by atoms with Crippen molar-refractivity contribution < 1.29 is 9.53 Å². The first kappa shape index (κ1) is 20.3. The molecule has 2 aromatic heterocycles. The molecule has 8 heteroatoms. The lowest BCUT2D eigenvalue weighted by atomic mass is 9.77. The van der Waals surface area contributed by atoms with Crippen molar-refractivity contribution in [3.63, 3.8) is 0 Å². The molecule has 1 aliphatic heterocycles. The number of hydrogen-bond acceptors (Lipinski definition) is 6. The Morgan fingerprint density at radius 3 is 2.69 bits per heavy atom. The average molecular weight is 437 g/mol. The zero-order valence-corrected chi connectivity index (χ0v) is 18.6. The summed E-state index contributed by atoms with van der Waals surface area (Å²) < 4.78 is 8.54. The summed E-state index contributed by atoms with van der Waals surface area (Å²) in [4.78, 5) is 23.4. The Balaban J connectivity index is 1.11. The molecule has 0 bridgehead atoms. The number of ether oxygens (including phenoxy) is 1. The van der Waals surface area contributed by atoms with Gasteiger partial charge in [-0.25, -0.2) is 4.68 Å². The highest BCUT2D eigenvalue weighted by atomic mass is 16.5. The van der Waals surface area contributed by atoms with E-state index in [1.54, 1.807) is 18.6 Å². The fourth-order valence-electron chi connectivity index (χ4n) is 5.47. The first-order valence-electron chi connectivity index (χ1n) is 12.3. The molecule has 2 aromatic rings. The molecular weight excluding hydrogens is 404 g/mol. The molecule has 4 fully saturated rings. The van der Waals surface area contributed by atoms with Crippen molar-refractivity contribution in [3.05, 3.63) is 36.2 Å². The summed E-state index contributed by atoms with van der Waals surface area (Å²) in [6, 6.07) is 0.227. The van der Waals surface area contributed by atoms with Gasteiger partial charge in [-0.3, -0.25) is 14.8 Å². The van der Waals surface area contributed by atoms with Crippen LogP contribution in [0.4, 0.5) is 0 Å². The van der Waals surface area contributed by atoms with E-state index in [0.29, 0.717) is 30.6 Å². The number of rotatable bonds is 8. The zero-order chi connectivity index (χ0) is 21.5. The van der Waals surface area contributed by atoms with Crippen molar-refractivity contribution in [1.29, 1.82) is 0 Å². The molecule has 4 atom stereocenters. The van der Waals surface area contributed by atoms with Crippen molar-refractivity contribution in [2.75, 3.05) is 19.7 Å². The molecule has 0 spiro atoms. The highest BCUT2D eigenvalue weighted by Gasteiger charge is 2.45. The standard InChI is InChI=1S/C24H32N6O2/c31-24(6-5-20-11-25-7-8-26-20)29-12-18-9-22(30-14-21(27-28-30)17-3-4-17)23(10-19(18)13-29)32-15-16-1-2-16/h7-8,11,14,16-19,22-23H,1-6,9-10,12-13,15H2/t18-,19+,22-,23-/m1/s1. The minimum Gasteiger partial charge on any atom is -0.376 e. The Bertz CT molecular complexity index is 941. The van der Waals surface area contributed by atoms with E-state index in [2.05, 4.69) is 36.1 Å². The summed E-state index contributed by atoms with van der Waals surface area (Å²) in [5.41, 5.74) is 2.02. The molecule has 4 aliphatic rings. The first-order chi connectivity index (χ1) is 15.7. The van der Waals surface area contributed by atoms with Crippen LogP contribution in [0.3, 0.4) is 0 Å². The van der Waals surface area contributed by atoms with E-state index in [1.165, 1.54) is 25.7 Å². The van der Waals surface area contributed by atoms with E-state index in [9.17, 15) is 4.79 Å². The second kappa shape index (κ2) is 8.54. The van der Waals surface area contributed by atoms with Gasteiger partial charge in [0.15, 0.2) is 0 Å². The maximum atomic E-state index is 12.9. The normalized spacial score (nSPS) is 29.8. The Labute approximate surface area is 188 Å². The van der Waals surface area contributed by atoms with Crippen LogP contribution in [0, 0.1) is 17.8 Å². The minimum absolute atomic E-state index is 0.167. The van der Waals surface area contributed by atoms with Crippen LogP contribution in [-0.2, 0) is 16.0 Å². The molecule has 32 heavy (non-hydrogen) atoms. The maximum Gasteiger partial charge on any atom is 0.222 e. The van der Waals surface area contributed by atoms with E-state index >= 15 is 0 Å². The van der Waals surface area contributed by atoms with Crippen LogP contribution < -0.4 is 0 Å². The van der Waals surface area contributed by atoms with Gasteiger partial charge in [0, 0.05) is 56.8 Å². The second-order valence-corrected chi connectivity index (χ2v) is 10.3.